The van der Waals surface area contributed by atoms with Gasteiger partial charge >= 0.3 is 0 Å². The van der Waals surface area contributed by atoms with Gasteiger partial charge in [0.05, 0.1) is 11.1 Å². The molecule has 4 nitrogen and oxygen atoms in total. The van der Waals surface area contributed by atoms with E-state index in [1.165, 1.54) is 30.4 Å². The Labute approximate surface area is 155 Å². The second-order valence-electron chi connectivity index (χ2n) is 5.87. The number of sulfonamides is 1. The van der Waals surface area contributed by atoms with Crippen molar-refractivity contribution < 1.29 is 17.6 Å². The van der Waals surface area contributed by atoms with Gasteiger partial charge in [0.2, 0.25) is 10.0 Å². The van der Waals surface area contributed by atoms with E-state index in [0.717, 1.165) is 27.8 Å². The molecule has 1 N–H and O–H groups in total. The summed E-state index contributed by atoms with van der Waals surface area (Å²) in [5, 5.41) is 0. The van der Waals surface area contributed by atoms with E-state index in [-0.39, 0.29) is 11.6 Å². The van der Waals surface area contributed by atoms with Gasteiger partial charge in [-0.15, -0.1) is 11.3 Å². The quantitative estimate of drug-likeness (QED) is 0.638. The smallest absolute Gasteiger partial charge is 0.229 e. The normalized spacial score (nSPS) is 11.3. The monoisotopic (exact) mass is 389 g/mol. The van der Waals surface area contributed by atoms with Gasteiger partial charge < -0.3 is 0 Å². The standard InChI is InChI=1S/C19H16FNO3S2/c1-12(22)18-11-17(19(25-18)14-3-7-15(20)8-4-14)13-5-9-16(10-6-13)21-26(2,23)24/h3-11,21H,1-2H3. The van der Waals surface area contributed by atoms with Gasteiger partial charge in [0.1, 0.15) is 5.82 Å². The molecule has 0 radical (unpaired) electrons. The van der Waals surface area contributed by atoms with E-state index >= 15 is 0 Å². The number of Topliss-reactive ketones (excluding diaryl/α,β-unsaturated/α-hetero) is 1. The minimum Gasteiger partial charge on any atom is -0.294 e. The van der Waals surface area contributed by atoms with Crippen molar-refractivity contribution in [3.63, 3.8) is 0 Å². The highest BCUT2D eigenvalue weighted by Gasteiger charge is 2.15. The fourth-order valence-electron chi connectivity index (χ4n) is 2.53. The number of nitrogens with one attached hydrogen (secondary N) is 1. The first-order valence-corrected chi connectivity index (χ1v) is 10.4. The zero-order valence-electron chi connectivity index (χ0n) is 14.1. The largest absolute Gasteiger partial charge is 0.294 e. The lowest BCUT2D eigenvalue weighted by Crippen LogP contribution is -2.09. The van der Waals surface area contributed by atoms with Gasteiger partial charge in [-0.05, 0) is 48.4 Å². The Bertz CT molecular complexity index is 1050. The summed E-state index contributed by atoms with van der Waals surface area (Å²) in [4.78, 5) is 13.3. The SMILES string of the molecule is CC(=O)c1cc(-c2ccc(NS(C)(=O)=O)cc2)c(-c2ccc(F)cc2)s1. The van der Waals surface area contributed by atoms with Crippen LogP contribution in [0, 0.1) is 5.82 Å². The van der Waals surface area contributed by atoms with Crippen molar-refractivity contribution in [2.24, 2.45) is 0 Å². The van der Waals surface area contributed by atoms with Crippen molar-refractivity contribution in [1.29, 1.82) is 0 Å². The molecule has 0 aliphatic heterocycles. The van der Waals surface area contributed by atoms with E-state index in [1.54, 1.807) is 36.4 Å². The van der Waals surface area contributed by atoms with Crippen molar-refractivity contribution >= 4 is 32.8 Å². The number of thiophene rings is 1. The Morgan fingerprint density at radius 1 is 1.00 bits per heavy atom. The molecule has 0 spiro atoms. The molecule has 0 amide bonds. The Kier molecular flexibility index (Phi) is 4.93. The molecule has 134 valence electrons. The van der Waals surface area contributed by atoms with Gasteiger partial charge in [-0.3, -0.25) is 9.52 Å². The third-order valence-electron chi connectivity index (χ3n) is 3.68. The predicted octanol–water partition coefficient (Wildman–Crippen LogP) is 4.80. The maximum Gasteiger partial charge on any atom is 0.229 e. The molecule has 0 aliphatic carbocycles. The van der Waals surface area contributed by atoms with Crippen molar-refractivity contribution in [2.75, 3.05) is 11.0 Å². The molecule has 0 saturated carbocycles. The van der Waals surface area contributed by atoms with Crippen molar-refractivity contribution in [1.82, 2.24) is 0 Å². The van der Waals surface area contributed by atoms with E-state index in [2.05, 4.69) is 4.72 Å². The summed E-state index contributed by atoms with van der Waals surface area (Å²) in [5.41, 5.74) is 2.96. The van der Waals surface area contributed by atoms with Gasteiger partial charge in [0, 0.05) is 16.1 Å². The van der Waals surface area contributed by atoms with Crippen LogP contribution in [0.25, 0.3) is 21.6 Å². The van der Waals surface area contributed by atoms with Crippen LogP contribution < -0.4 is 4.72 Å². The molecule has 7 heteroatoms. The van der Waals surface area contributed by atoms with E-state index < -0.39 is 10.0 Å². The topological polar surface area (TPSA) is 63.2 Å². The first-order valence-electron chi connectivity index (χ1n) is 7.72. The summed E-state index contributed by atoms with van der Waals surface area (Å²) in [6.07, 6.45) is 1.09. The third-order valence-corrected chi connectivity index (χ3v) is 5.58. The summed E-state index contributed by atoms with van der Waals surface area (Å²) < 4.78 is 38.3. The fourth-order valence-corrected chi connectivity index (χ4v) is 4.17. The molecule has 2 aromatic carbocycles. The van der Waals surface area contributed by atoms with Crippen LogP contribution in [0.15, 0.2) is 54.6 Å². The number of ketones is 1. The van der Waals surface area contributed by atoms with Crippen molar-refractivity contribution in [3.05, 3.63) is 65.3 Å². The lowest BCUT2D eigenvalue weighted by molar-refractivity contribution is 0.102. The minimum atomic E-state index is -3.35. The van der Waals surface area contributed by atoms with E-state index in [1.807, 2.05) is 6.07 Å². The maximum absolute atomic E-state index is 13.2. The molecule has 0 atom stereocenters. The van der Waals surface area contributed by atoms with Gasteiger partial charge in [0.25, 0.3) is 0 Å². The van der Waals surface area contributed by atoms with E-state index in [9.17, 15) is 17.6 Å². The van der Waals surface area contributed by atoms with Crippen LogP contribution in [0.2, 0.25) is 0 Å². The van der Waals surface area contributed by atoms with Gasteiger partial charge in [-0.25, -0.2) is 12.8 Å². The number of halogens is 1. The lowest BCUT2D eigenvalue weighted by atomic mass is 10.0. The highest BCUT2D eigenvalue weighted by atomic mass is 32.2. The van der Waals surface area contributed by atoms with Gasteiger partial charge in [-0.2, -0.15) is 0 Å². The van der Waals surface area contributed by atoms with Crippen LogP contribution in [-0.2, 0) is 10.0 Å². The second-order valence-corrected chi connectivity index (χ2v) is 8.67. The van der Waals surface area contributed by atoms with Crippen LogP contribution in [-0.4, -0.2) is 20.5 Å². The number of rotatable bonds is 5. The summed E-state index contributed by atoms with van der Waals surface area (Å²) in [7, 11) is -3.35. The lowest BCUT2D eigenvalue weighted by Gasteiger charge is -2.07. The predicted molar refractivity (Wildman–Crippen MR) is 104 cm³/mol. The molecule has 1 aromatic heterocycles. The first-order chi connectivity index (χ1) is 12.2. The zero-order chi connectivity index (χ0) is 18.9. The molecule has 0 aliphatic rings. The number of anilines is 1. The third kappa shape index (κ3) is 4.17. The zero-order valence-corrected chi connectivity index (χ0v) is 15.7. The molecular formula is C19H16FNO3S2. The Morgan fingerprint density at radius 3 is 2.12 bits per heavy atom. The Morgan fingerprint density at radius 2 is 1.58 bits per heavy atom. The van der Waals surface area contributed by atoms with Gasteiger partial charge in [0.15, 0.2) is 5.78 Å². The highest BCUT2D eigenvalue weighted by Crippen LogP contribution is 2.40. The number of benzene rings is 2. The molecule has 3 aromatic rings. The molecule has 0 saturated heterocycles. The molecule has 1 heterocycles. The van der Waals surface area contributed by atoms with Crippen molar-refractivity contribution in [3.8, 4) is 21.6 Å². The number of carbonyl (C=O) groups is 1. The summed E-state index contributed by atoms with van der Waals surface area (Å²) in [5.74, 6) is -0.366. The Balaban J connectivity index is 2.06. The van der Waals surface area contributed by atoms with Crippen molar-refractivity contribution in [2.45, 2.75) is 6.92 Å². The van der Waals surface area contributed by atoms with Crippen LogP contribution >= 0.6 is 11.3 Å². The van der Waals surface area contributed by atoms with Gasteiger partial charge in [-0.1, -0.05) is 24.3 Å². The maximum atomic E-state index is 13.2. The fraction of sp³-hybridized carbons (Fsp3) is 0.105. The first kappa shape index (κ1) is 18.3. The number of hydrogen-bond donors (Lipinski definition) is 1. The molecule has 0 unspecified atom stereocenters. The van der Waals surface area contributed by atoms with E-state index in [0.29, 0.717) is 10.6 Å². The minimum absolute atomic E-state index is 0.0417. The summed E-state index contributed by atoms with van der Waals surface area (Å²) >= 11 is 1.35. The number of carbonyl (C=O) groups excluding carboxylic acids is 1. The average Bonchev–Trinajstić information content (AvgIpc) is 3.00. The van der Waals surface area contributed by atoms with Crippen LogP contribution in [0.3, 0.4) is 0 Å². The van der Waals surface area contributed by atoms with Crippen LogP contribution in [0.4, 0.5) is 10.1 Å². The second kappa shape index (κ2) is 7.01. The molecule has 26 heavy (non-hydrogen) atoms. The number of hydrogen-bond acceptors (Lipinski definition) is 4. The summed E-state index contributed by atoms with van der Waals surface area (Å²) in [6.45, 7) is 1.50. The molecule has 3 rings (SSSR count). The molecule has 0 bridgehead atoms. The average molecular weight is 389 g/mol. The van der Waals surface area contributed by atoms with Crippen LogP contribution in [0.1, 0.15) is 16.6 Å². The molecule has 0 fully saturated rings. The Hall–Kier alpha value is -2.51. The van der Waals surface area contributed by atoms with Crippen LogP contribution in [0.5, 0.6) is 0 Å². The van der Waals surface area contributed by atoms with E-state index in [4.69, 9.17) is 0 Å². The summed E-state index contributed by atoms with van der Waals surface area (Å²) in [6, 6.07) is 14.8. The highest BCUT2D eigenvalue weighted by molar-refractivity contribution is 7.92. The molecular weight excluding hydrogens is 373 g/mol.